The van der Waals surface area contributed by atoms with E-state index in [1.165, 1.54) is 12.1 Å². The van der Waals surface area contributed by atoms with Gasteiger partial charge in [0.05, 0.1) is 27.0 Å². The number of ether oxygens (including phenoxy) is 3. The van der Waals surface area contributed by atoms with Crippen molar-refractivity contribution >= 4 is 0 Å². The van der Waals surface area contributed by atoms with Crippen LogP contribution in [-0.2, 0) is 6.54 Å². The third-order valence-corrected chi connectivity index (χ3v) is 7.58. The zero-order valence-corrected chi connectivity index (χ0v) is 23.8. The fourth-order valence-electron chi connectivity index (χ4n) is 5.28. The molecule has 0 saturated carbocycles. The third-order valence-electron chi connectivity index (χ3n) is 7.58. The van der Waals surface area contributed by atoms with E-state index in [0.717, 1.165) is 37.2 Å². The Hall–Kier alpha value is -4.39. The summed E-state index contributed by atoms with van der Waals surface area (Å²) in [5.74, 6) is 1.55. The molecule has 1 saturated heterocycles. The van der Waals surface area contributed by atoms with E-state index in [9.17, 15) is 9.65 Å². The minimum atomic E-state index is -0.333. The normalized spacial score (nSPS) is 14.0. The first-order valence-corrected chi connectivity index (χ1v) is 13.6. The zero-order valence-electron chi connectivity index (χ0n) is 23.8. The summed E-state index contributed by atoms with van der Waals surface area (Å²) in [5, 5.41) is 14.2. The van der Waals surface area contributed by atoms with Crippen LogP contribution in [0.15, 0.2) is 60.8 Å². The van der Waals surface area contributed by atoms with E-state index in [2.05, 4.69) is 23.3 Å². The highest BCUT2D eigenvalue weighted by atomic mass is 19.1. The summed E-state index contributed by atoms with van der Waals surface area (Å²) in [5.41, 5.74) is 4.04. The number of likely N-dealkylation sites (tertiary alicyclic amines) is 1. The molecule has 3 heterocycles. The minimum absolute atomic E-state index is 0.333. The Balaban J connectivity index is 1.65. The Morgan fingerprint density at radius 1 is 0.976 bits per heavy atom. The van der Waals surface area contributed by atoms with Crippen LogP contribution in [0.3, 0.4) is 0 Å². The van der Waals surface area contributed by atoms with Crippen LogP contribution in [0.5, 0.6) is 17.2 Å². The molecule has 212 valence electrons. The van der Waals surface area contributed by atoms with E-state index >= 15 is 0 Å². The number of piperidine rings is 1. The molecule has 1 N–H and O–H groups in total. The maximum atomic E-state index is 13.8. The van der Waals surface area contributed by atoms with E-state index < -0.39 is 0 Å². The minimum Gasteiger partial charge on any atom is -0.493 e. The quantitative estimate of drug-likeness (QED) is 0.295. The second-order valence-corrected chi connectivity index (χ2v) is 10.1. The number of aromatic nitrogens is 2. The van der Waals surface area contributed by atoms with Crippen LogP contribution in [0.2, 0.25) is 0 Å². The number of nitrogens with zero attached hydrogens (tertiary/aromatic N) is 4. The van der Waals surface area contributed by atoms with E-state index in [1.54, 1.807) is 33.5 Å². The van der Waals surface area contributed by atoms with Gasteiger partial charge in [-0.1, -0.05) is 0 Å². The van der Waals surface area contributed by atoms with Crippen LogP contribution in [-0.4, -0.2) is 62.0 Å². The molecule has 1 aliphatic heterocycles. The highest BCUT2D eigenvalue weighted by Crippen LogP contribution is 2.43. The van der Waals surface area contributed by atoms with Gasteiger partial charge in [-0.2, -0.15) is 5.26 Å². The second kappa shape index (κ2) is 12.4. The predicted molar refractivity (Wildman–Crippen MR) is 156 cm³/mol. The zero-order chi connectivity index (χ0) is 28.9. The fourth-order valence-corrected chi connectivity index (χ4v) is 5.28. The van der Waals surface area contributed by atoms with Crippen molar-refractivity contribution in [3.8, 4) is 51.5 Å². The molecular formula is C32H34FN5O3. The number of nitriles is 1. The molecule has 0 atom stereocenters. The van der Waals surface area contributed by atoms with Crippen LogP contribution in [0.1, 0.15) is 24.1 Å². The first kappa shape index (κ1) is 28.1. The average Bonchev–Trinajstić information content (AvgIpc) is 3.48. The Morgan fingerprint density at radius 3 is 2.27 bits per heavy atom. The molecular weight excluding hydrogens is 521 g/mol. The molecule has 0 amide bonds. The van der Waals surface area contributed by atoms with Crippen molar-refractivity contribution in [2.75, 3.05) is 41.5 Å². The predicted octanol–water partition coefficient (Wildman–Crippen LogP) is 5.43. The van der Waals surface area contributed by atoms with Crippen molar-refractivity contribution in [3.05, 3.63) is 77.9 Å². The maximum absolute atomic E-state index is 13.8. The molecule has 0 radical (unpaired) electrons. The van der Waals surface area contributed by atoms with Crippen LogP contribution < -0.4 is 19.5 Å². The SMILES string of the molecule is COc1cc(-c2cc(-c3ccc(F)cc3)nc(-n3cccc3CNC3CCN(C)CC3)c2C#N)cc(OC)c1OC. The molecule has 4 aromatic rings. The Kier molecular flexibility index (Phi) is 8.53. The van der Waals surface area contributed by atoms with E-state index in [1.807, 2.05) is 41.1 Å². The van der Waals surface area contributed by atoms with Crippen LogP contribution in [0, 0.1) is 17.1 Å². The fraction of sp³-hybridized carbons (Fsp3) is 0.312. The van der Waals surface area contributed by atoms with E-state index in [0.29, 0.717) is 58.0 Å². The van der Waals surface area contributed by atoms with Crippen LogP contribution in [0.4, 0.5) is 4.39 Å². The molecule has 1 aliphatic rings. The number of nitrogens with one attached hydrogen (secondary N) is 1. The number of pyridine rings is 1. The van der Waals surface area contributed by atoms with Crippen LogP contribution >= 0.6 is 0 Å². The second-order valence-electron chi connectivity index (χ2n) is 10.1. The van der Waals surface area contributed by atoms with Crippen molar-refractivity contribution in [1.82, 2.24) is 19.8 Å². The molecule has 9 heteroatoms. The largest absolute Gasteiger partial charge is 0.493 e. The molecule has 8 nitrogen and oxygen atoms in total. The lowest BCUT2D eigenvalue weighted by atomic mass is 9.97. The van der Waals surface area contributed by atoms with Gasteiger partial charge in [0.2, 0.25) is 5.75 Å². The molecule has 0 spiro atoms. The lowest BCUT2D eigenvalue weighted by molar-refractivity contribution is 0.233. The standard InChI is InChI=1S/C32H34FN5O3/c1-37-14-11-24(12-15-37)35-20-25-6-5-13-38(25)32-27(19-34)26(18-28(36-32)21-7-9-23(33)10-8-21)22-16-29(39-2)31(41-4)30(17-22)40-3/h5-10,13,16-18,24,35H,11-12,14-15,20H2,1-4H3. The van der Waals surface area contributed by atoms with Crippen LogP contribution in [0.25, 0.3) is 28.2 Å². The first-order chi connectivity index (χ1) is 19.9. The van der Waals surface area contributed by atoms with E-state index in [-0.39, 0.29) is 5.82 Å². The van der Waals surface area contributed by atoms with Gasteiger partial charge in [-0.25, -0.2) is 9.37 Å². The van der Waals surface area contributed by atoms with Crippen molar-refractivity contribution in [3.63, 3.8) is 0 Å². The summed E-state index contributed by atoms with van der Waals surface area (Å²) in [6, 6.07) is 18.5. The summed E-state index contributed by atoms with van der Waals surface area (Å²) in [6.07, 6.45) is 4.09. The van der Waals surface area contributed by atoms with Gasteiger partial charge < -0.3 is 29.0 Å². The molecule has 0 aliphatic carbocycles. The number of halogens is 1. The highest BCUT2D eigenvalue weighted by Gasteiger charge is 2.22. The van der Waals surface area contributed by atoms with E-state index in [4.69, 9.17) is 19.2 Å². The lowest BCUT2D eigenvalue weighted by Crippen LogP contribution is -2.40. The molecule has 5 rings (SSSR count). The average molecular weight is 556 g/mol. The Bertz CT molecular complexity index is 1530. The van der Waals surface area contributed by atoms with Gasteiger partial charge in [0.25, 0.3) is 0 Å². The third kappa shape index (κ3) is 5.89. The smallest absolute Gasteiger partial charge is 0.203 e. The van der Waals surface area contributed by atoms with Crippen molar-refractivity contribution in [1.29, 1.82) is 5.26 Å². The monoisotopic (exact) mass is 555 g/mol. The molecule has 2 aromatic heterocycles. The van der Waals surface area contributed by atoms with Crippen molar-refractivity contribution in [2.45, 2.75) is 25.4 Å². The number of rotatable bonds is 9. The molecule has 1 fully saturated rings. The molecule has 41 heavy (non-hydrogen) atoms. The summed E-state index contributed by atoms with van der Waals surface area (Å²) in [6.45, 7) is 2.77. The summed E-state index contributed by atoms with van der Waals surface area (Å²) in [7, 11) is 6.80. The number of hydrogen-bond acceptors (Lipinski definition) is 7. The lowest BCUT2D eigenvalue weighted by Gasteiger charge is -2.29. The number of benzene rings is 2. The van der Waals surface area contributed by atoms with Gasteiger partial charge >= 0.3 is 0 Å². The van der Waals surface area contributed by atoms with Crippen molar-refractivity contribution < 1.29 is 18.6 Å². The van der Waals surface area contributed by atoms with Crippen molar-refractivity contribution in [2.24, 2.45) is 0 Å². The summed E-state index contributed by atoms with van der Waals surface area (Å²) in [4.78, 5) is 7.30. The topological polar surface area (TPSA) is 84.6 Å². The Labute approximate surface area is 239 Å². The summed E-state index contributed by atoms with van der Waals surface area (Å²) >= 11 is 0. The van der Waals surface area contributed by atoms with Gasteiger partial charge in [0.15, 0.2) is 17.3 Å². The first-order valence-electron chi connectivity index (χ1n) is 13.6. The Morgan fingerprint density at radius 2 is 1.66 bits per heavy atom. The van der Waals surface area contributed by atoms with Gasteiger partial charge in [-0.3, -0.25) is 0 Å². The molecule has 2 aromatic carbocycles. The number of hydrogen-bond donors (Lipinski definition) is 1. The van der Waals surface area contributed by atoms with Gasteiger partial charge in [0, 0.05) is 35.6 Å². The summed E-state index contributed by atoms with van der Waals surface area (Å²) < 4.78 is 32.5. The van der Waals surface area contributed by atoms with Gasteiger partial charge in [-0.05, 0) is 93.1 Å². The maximum Gasteiger partial charge on any atom is 0.203 e. The van der Waals surface area contributed by atoms with Gasteiger partial charge in [0.1, 0.15) is 17.4 Å². The molecule has 0 bridgehead atoms. The number of methoxy groups -OCH3 is 3. The van der Waals surface area contributed by atoms with Gasteiger partial charge in [-0.15, -0.1) is 0 Å². The highest BCUT2D eigenvalue weighted by molar-refractivity contribution is 5.81. The molecule has 0 unspecified atom stereocenters.